The molecule has 2 atom stereocenters. The number of carbonyl (C=O) groups excluding carboxylic acids is 1. The Hall–Kier alpha value is -1.30. The van der Waals surface area contributed by atoms with Crippen molar-refractivity contribution < 1.29 is 19.0 Å². The molecule has 0 heterocycles. The van der Waals surface area contributed by atoms with Gasteiger partial charge in [0.1, 0.15) is 19.0 Å². The van der Waals surface area contributed by atoms with Gasteiger partial charge in [-0.05, 0) is 11.6 Å². The fourth-order valence-corrected chi connectivity index (χ4v) is 2.47. The minimum Gasteiger partial charge on any atom is -0.443 e. The van der Waals surface area contributed by atoms with Crippen LogP contribution in [0.2, 0.25) is 5.02 Å². The van der Waals surface area contributed by atoms with Gasteiger partial charge < -0.3 is 19.9 Å². The van der Waals surface area contributed by atoms with Crippen LogP contribution in [-0.2, 0) is 20.6 Å². The Morgan fingerprint density at radius 1 is 1.56 bits per heavy atom. The third-order valence-corrected chi connectivity index (χ3v) is 3.15. The number of hydrogen-bond acceptors (Lipinski definition) is 4. The Morgan fingerprint density at radius 3 is 3.00 bits per heavy atom. The fourth-order valence-electron chi connectivity index (χ4n) is 2.17. The van der Waals surface area contributed by atoms with Crippen molar-refractivity contribution in [3.8, 4) is 0 Å². The van der Waals surface area contributed by atoms with Crippen molar-refractivity contribution in [1.29, 1.82) is 0 Å². The van der Waals surface area contributed by atoms with Gasteiger partial charge in [0.05, 0.1) is 0 Å². The van der Waals surface area contributed by atoms with Gasteiger partial charge >= 0.3 is 6.09 Å². The van der Waals surface area contributed by atoms with Crippen molar-refractivity contribution in [2.45, 2.75) is 18.6 Å². The number of benzene rings is 1. The van der Waals surface area contributed by atoms with Crippen molar-refractivity contribution in [2.75, 3.05) is 13.9 Å². The lowest BCUT2D eigenvalue weighted by molar-refractivity contribution is -0.109. The lowest BCUT2D eigenvalue weighted by atomic mass is 10.1. The summed E-state index contributed by atoms with van der Waals surface area (Å²) >= 11 is 6.15. The summed E-state index contributed by atoms with van der Waals surface area (Å²) in [5.74, 6) is 0. The van der Waals surface area contributed by atoms with E-state index >= 15 is 0 Å². The molecule has 1 aliphatic carbocycles. The molecule has 18 heavy (non-hydrogen) atoms. The Morgan fingerprint density at radius 2 is 2.33 bits per heavy atom. The highest BCUT2D eigenvalue weighted by molar-refractivity contribution is 6.31. The molecule has 0 bridgehead atoms. The van der Waals surface area contributed by atoms with Gasteiger partial charge in [0.2, 0.25) is 0 Å². The molecule has 1 amide bonds. The van der Waals surface area contributed by atoms with E-state index in [0.717, 1.165) is 11.1 Å². The maximum Gasteiger partial charge on any atom is 0.404 e. The summed E-state index contributed by atoms with van der Waals surface area (Å²) in [6.07, 6.45) is -1.20. The zero-order valence-electron chi connectivity index (χ0n) is 9.89. The maximum absolute atomic E-state index is 10.9. The number of methoxy groups -OCH3 is 1. The van der Waals surface area contributed by atoms with Crippen LogP contribution in [0.15, 0.2) is 18.2 Å². The third-order valence-electron chi connectivity index (χ3n) is 2.82. The normalized spacial score (nSPS) is 21.7. The van der Waals surface area contributed by atoms with Gasteiger partial charge in [0.25, 0.3) is 0 Å². The first-order valence-electron chi connectivity index (χ1n) is 5.47. The maximum atomic E-state index is 10.9. The highest BCUT2D eigenvalue weighted by Crippen LogP contribution is 2.40. The zero-order chi connectivity index (χ0) is 13.1. The van der Waals surface area contributed by atoms with E-state index in [0.29, 0.717) is 11.4 Å². The average Bonchev–Trinajstić information content (AvgIpc) is 2.64. The van der Waals surface area contributed by atoms with Crippen molar-refractivity contribution in [3.05, 3.63) is 34.3 Å². The van der Waals surface area contributed by atoms with E-state index in [2.05, 4.69) is 0 Å². The lowest BCUT2D eigenvalue weighted by Gasteiger charge is -2.20. The molecule has 0 aliphatic heterocycles. The number of nitrogens with two attached hydrogens (primary N) is 1. The van der Waals surface area contributed by atoms with E-state index in [1.807, 2.05) is 12.1 Å². The summed E-state index contributed by atoms with van der Waals surface area (Å²) in [5.41, 5.74) is 6.89. The molecule has 98 valence electrons. The van der Waals surface area contributed by atoms with Crippen LogP contribution in [0.5, 0.6) is 0 Å². The quantitative estimate of drug-likeness (QED) is 0.851. The molecule has 0 saturated heterocycles. The minimum absolute atomic E-state index is 0.0912. The molecule has 5 nitrogen and oxygen atoms in total. The molecule has 0 saturated carbocycles. The van der Waals surface area contributed by atoms with Crippen LogP contribution in [0.4, 0.5) is 4.79 Å². The van der Waals surface area contributed by atoms with E-state index < -0.39 is 18.3 Å². The van der Waals surface area contributed by atoms with Crippen LogP contribution in [0.25, 0.3) is 0 Å². The first kappa shape index (κ1) is 13.1. The molecule has 6 heteroatoms. The fraction of sp³-hybridized carbons (Fsp3) is 0.417. The van der Waals surface area contributed by atoms with Gasteiger partial charge in [-0.2, -0.15) is 0 Å². The standard InChI is InChI=1S/C12H14ClNO4/c1-16-6-17-11-9(18-12(14)15)5-7-3-2-4-8(13)10(7)11/h2-4,9,11H,5-6H2,1H3,(H2,14,15)/t9-,11-/m0/s1. The number of primary amides is 1. The molecule has 1 aromatic carbocycles. The highest BCUT2D eigenvalue weighted by atomic mass is 35.5. The molecule has 2 N–H and O–H groups in total. The van der Waals surface area contributed by atoms with Gasteiger partial charge in [-0.25, -0.2) is 4.79 Å². The van der Waals surface area contributed by atoms with Crippen LogP contribution >= 0.6 is 11.6 Å². The smallest absolute Gasteiger partial charge is 0.404 e. The number of hydrogen-bond donors (Lipinski definition) is 1. The predicted octanol–water partition coefficient (Wildman–Crippen LogP) is 2.02. The van der Waals surface area contributed by atoms with Crippen molar-refractivity contribution in [2.24, 2.45) is 5.73 Å². The van der Waals surface area contributed by atoms with E-state index in [4.69, 9.17) is 31.5 Å². The molecule has 0 unspecified atom stereocenters. The number of fused-ring (bicyclic) bond motifs is 1. The Labute approximate surface area is 110 Å². The summed E-state index contributed by atoms with van der Waals surface area (Å²) in [6.45, 7) is 0.0912. The second-order valence-electron chi connectivity index (χ2n) is 3.99. The highest BCUT2D eigenvalue weighted by Gasteiger charge is 2.37. The number of ether oxygens (including phenoxy) is 3. The lowest BCUT2D eigenvalue weighted by Crippen LogP contribution is -2.28. The van der Waals surface area contributed by atoms with Gasteiger partial charge in [-0.1, -0.05) is 23.7 Å². The monoisotopic (exact) mass is 271 g/mol. The third kappa shape index (κ3) is 2.58. The molecular weight excluding hydrogens is 258 g/mol. The Balaban J connectivity index is 2.26. The van der Waals surface area contributed by atoms with Gasteiger partial charge in [-0.15, -0.1) is 0 Å². The van der Waals surface area contributed by atoms with Crippen molar-refractivity contribution >= 4 is 17.7 Å². The summed E-state index contributed by atoms with van der Waals surface area (Å²) in [4.78, 5) is 10.9. The number of rotatable bonds is 4. The van der Waals surface area contributed by atoms with Gasteiger partial charge in [-0.3, -0.25) is 0 Å². The van der Waals surface area contributed by atoms with E-state index in [1.165, 1.54) is 7.11 Å². The summed E-state index contributed by atoms with van der Waals surface area (Å²) in [5, 5.41) is 0.587. The molecule has 2 rings (SSSR count). The average molecular weight is 272 g/mol. The van der Waals surface area contributed by atoms with E-state index in [-0.39, 0.29) is 6.79 Å². The molecular formula is C12H14ClNO4. The van der Waals surface area contributed by atoms with Crippen LogP contribution in [0.1, 0.15) is 17.2 Å². The van der Waals surface area contributed by atoms with Gasteiger partial charge in [0, 0.05) is 24.1 Å². The van der Waals surface area contributed by atoms with Crippen LogP contribution in [-0.4, -0.2) is 26.1 Å². The topological polar surface area (TPSA) is 70.8 Å². The second-order valence-corrected chi connectivity index (χ2v) is 4.39. The Kier molecular flexibility index (Phi) is 4.06. The summed E-state index contributed by atoms with van der Waals surface area (Å²) in [6, 6.07) is 5.55. The van der Waals surface area contributed by atoms with Crippen LogP contribution in [0, 0.1) is 0 Å². The minimum atomic E-state index is -0.824. The predicted molar refractivity (Wildman–Crippen MR) is 65.3 cm³/mol. The largest absolute Gasteiger partial charge is 0.443 e. The number of carbonyl (C=O) groups is 1. The molecule has 1 aliphatic rings. The van der Waals surface area contributed by atoms with Crippen LogP contribution < -0.4 is 5.73 Å². The van der Waals surface area contributed by atoms with E-state index in [1.54, 1.807) is 6.07 Å². The van der Waals surface area contributed by atoms with Gasteiger partial charge in [0.15, 0.2) is 0 Å². The number of amides is 1. The second kappa shape index (κ2) is 5.56. The Bertz CT molecular complexity index is 452. The van der Waals surface area contributed by atoms with E-state index in [9.17, 15) is 4.79 Å². The SMILES string of the molecule is COCO[C@@H]1c2c(Cl)cccc2C[C@@H]1OC(N)=O. The zero-order valence-corrected chi connectivity index (χ0v) is 10.6. The first-order chi connectivity index (χ1) is 8.63. The summed E-state index contributed by atoms with van der Waals surface area (Å²) < 4.78 is 15.5. The van der Waals surface area contributed by atoms with Crippen molar-refractivity contribution in [3.63, 3.8) is 0 Å². The number of halogens is 1. The molecule has 0 fully saturated rings. The first-order valence-corrected chi connectivity index (χ1v) is 5.85. The molecule has 0 radical (unpaired) electrons. The summed E-state index contributed by atoms with van der Waals surface area (Å²) in [7, 11) is 1.52. The molecule has 0 aromatic heterocycles. The van der Waals surface area contributed by atoms with Crippen LogP contribution in [0.3, 0.4) is 0 Å². The molecule has 1 aromatic rings. The van der Waals surface area contributed by atoms with Crippen molar-refractivity contribution in [1.82, 2.24) is 0 Å². The molecule has 0 spiro atoms.